The number of hydrogen-bond acceptors (Lipinski definition) is 5. The molecular formula is C20H24N4O2. The second-order valence-corrected chi connectivity index (χ2v) is 6.95. The highest BCUT2D eigenvalue weighted by Crippen LogP contribution is 2.31. The fraction of sp³-hybridized carbons (Fsp3) is 0.400. The van der Waals surface area contributed by atoms with Crippen LogP contribution in [-0.2, 0) is 17.9 Å². The first-order valence-electron chi connectivity index (χ1n) is 9.08. The molecule has 0 radical (unpaired) electrons. The monoisotopic (exact) mass is 352 g/mol. The molecule has 0 aliphatic carbocycles. The minimum Gasteiger partial charge on any atom is -0.472 e. The van der Waals surface area contributed by atoms with Crippen LogP contribution in [-0.4, -0.2) is 28.0 Å². The lowest BCUT2D eigenvalue weighted by Crippen LogP contribution is -2.29. The largest absolute Gasteiger partial charge is 0.472 e. The van der Waals surface area contributed by atoms with Gasteiger partial charge in [-0.15, -0.1) is 0 Å². The Morgan fingerprint density at radius 2 is 2.12 bits per heavy atom. The molecule has 1 fully saturated rings. The van der Waals surface area contributed by atoms with Gasteiger partial charge >= 0.3 is 0 Å². The molecule has 136 valence electrons. The first-order chi connectivity index (χ1) is 12.7. The third kappa shape index (κ3) is 3.37. The highest BCUT2D eigenvalue weighted by Gasteiger charge is 2.24. The van der Waals surface area contributed by atoms with Crippen molar-refractivity contribution in [2.24, 2.45) is 11.8 Å². The van der Waals surface area contributed by atoms with Crippen LogP contribution in [0.2, 0.25) is 0 Å². The third-order valence-corrected chi connectivity index (χ3v) is 5.14. The number of anilines is 1. The molecule has 0 spiro atoms. The van der Waals surface area contributed by atoms with Gasteiger partial charge in [-0.25, -0.2) is 4.98 Å². The van der Waals surface area contributed by atoms with E-state index in [0.717, 1.165) is 42.6 Å². The SMILES string of the molecule is C[C@H]1CCOCC1Cn1nc(N)c2c(OCc3ccccc3)nccc21. The number of aromatic nitrogens is 3. The molecule has 1 unspecified atom stereocenters. The van der Waals surface area contributed by atoms with Gasteiger partial charge in [-0.2, -0.15) is 5.10 Å². The zero-order chi connectivity index (χ0) is 17.9. The van der Waals surface area contributed by atoms with E-state index in [0.29, 0.717) is 30.1 Å². The van der Waals surface area contributed by atoms with Crippen molar-refractivity contribution in [3.8, 4) is 5.88 Å². The van der Waals surface area contributed by atoms with Gasteiger partial charge in [-0.3, -0.25) is 4.68 Å². The summed E-state index contributed by atoms with van der Waals surface area (Å²) in [5.41, 5.74) is 8.25. The molecule has 1 aliphatic heterocycles. The van der Waals surface area contributed by atoms with Gasteiger partial charge in [0.05, 0.1) is 12.1 Å². The first kappa shape index (κ1) is 16.8. The van der Waals surface area contributed by atoms with Crippen molar-refractivity contribution < 1.29 is 9.47 Å². The smallest absolute Gasteiger partial charge is 0.227 e. The number of fused-ring (bicyclic) bond motifs is 1. The van der Waals surface area contributed by atoms with E-state index >= 15 is 0 Å². The minimum absolute atomic E-state index is 0.438. The Balaban J connectivity index is 1.59. The molecule has 6 heteroatoms. The van der Waals surface area contributed by atoms with Crippen molar-refractivity contribution in [2.75, 3.05) is 18.9 Å². The first-order valence-corrected chi connectivity index (χ1v) is 9.08. The molecule has 6 nitrogen and oxygen atoms in total. The van der Waals surface area contributed by atoms with Crippen LogP contribution in [0.5, 0.6) is 5.88 Å². The van der Waals surface area contributed by atoms with Crippen molar-refractivity contribution in [3.63, 3.8) is 0 Å². The Bertz CT molecular complexity index is 878. The molecule has 0 bridgehead atoms. The van der Waals surface area contributed by atoms with Gasteiger partial charge in [0.2, 0.25) is 5.88 Å². The predicted molar refractivity (Wildman–Crippen MR) is 101 cm³/mol. The molecule has 2 aromatic heterocycles. The zero-order valence-corrected chi connectivity index (χ0v) is 15.0. The standard InChI is InChI=1S/C20H24N4O2/c1-14-8-10-25-13-16(14)11-24-17-7-9-22-20(18(17)19(21)23-24)26-12-15-5-3-2-4-6-15/h2-7,9,14,16H,8,10-13H2,1H3,(H2,21,23)/t14-,16?/m0/s1. The Morgan fingerprint density at radius 3 is 2.92 bits per heavy atom. The van der Waals surface area contributed by atoms with E-state index in [-0.39, 0.29) is 0 Å². The maximum Gasteiger partial charge on any atom is 0.227 e. The van der Waals surface area contributed by atoms with Crippen molar-refractivity contribution in [1.29, 1.82) is 0 Å². The molecule has 0 saturated carbocycles. The highest BCUT2D eigenvalue weighted by atomic mass is 16.5. The van der Waals surface area contributed by atoms with E-state index in [4.69, 9.17) is 15.2 Å². The molecule has 1 aliphatic rings. The van der Waals surface area contributed by atoms with E-state index in [1.807, 2.05) is 41.1 Å². The molecule has 3 heterocycles. The summed E-state index contributed by atoms with van der Waals surface area (Å²) in [6.07, 6.45) is 2.84. The third-order valence-electron chi connectivity index (χ3n) is 5.14. The predicted octanol–water partition coefficient (Wildman–Crippen LogP) is 3.27. The molecule has 4 rings (SSSR count). The van der Waals surface area contributed by atoms with Crippen LogP contribution < -0.4 is 10.5 Å². The van der Waals surface area contributed by atoms with Gasteiger partial charge in [0.25, 0.3) is 0 Å². The van der Waals surface area contributed by atoms with E-state index in [1.54, 1.807) is 6.20 Å². The van der Waals surface area contributed by atoms with Gasteiger partial charge in [-0.1, -0.05) is 37.3 Å². The number of benzene rings is 1. The van der Waals surface area contributed by atoms with Crippen molar-refractivity contribution in [3.05, 3.63) is 48.2 Å². The van der Waals surface area contributed by atoms with E-state index in [2.05, 4.69) is 17.0 Å². The van der Waals surface area contributed by atoms with Crippen molar-refractivity contribution in [2.45, 2.75) is 26.5 Å². The minimum atomic E-state index is 0.438. The van der Waals surface area contributed by atoms with Gasteiger partial charge in [0.15, 0.2) is 5.82 Å². The number of pyridine rings is 1. The zero-order valence-electron chi connectivity index (χ0n) is 15.0. The summed E-state index contributed by atoms with van der Waals surface area (Å²) < 4.78 is 13.6. The second-order valence-electron chi connectivity index (χ2n) is 6.95. The lowest BCUT2D eigenvalue weighted by atomic mass is 9.90. The Labute approximate surface area is 152 Å². The summed E-state index contributed by atoms with van der Waals surface area (Å²) in [6, 6.07) is 12.0. The quantitative estimate of drug-likeness (QED) is 0.763. The molecule has 0 amide bonds. The van der Waals surface area contributed by atoms with Gasteiger partial charge < -0.3 is 15.2 Å². The lowest BCUT2D eigenvalue weighted by Gasteiger charge is -2.28. The summed E-state index contributed by atoms with van der Waals surface area (Å²) in [5, 5.41) is 5.34. The molecule has 1 saturated heterocycles. The highest BCUT2D eigenvalue weighted by molar-refractivity contribution is 5.93. The van der Waals surface area contributed by atoms with Crippen LogP contribution in [0, 0.1) is 11.8 Å². The Hall–Kier alpha value is -2.60. The van der Waals surface area contributed by atoms with Crippen molar-refractivity contribution in [1.82, 2.24) is 14.8 Å². The molecular weight excluding hydrogens is 328 g/mol. The topological polar surface area (TPSA) is 75.2 Å². The van der Waals surface area contributed by atoms with Crippen LogP contribution in [0.3, 0.4) is 0 Å². The molecule has 2 N–H and O–H groups in total. The van der Waals surface area contributed by atoms with Crippen LogP contribution in [0.1, 0.15) is 18.9 Å². The summed E-state index contributed by atoms with van der Waals surface area (Å²) in [4.78, 5) is 4.38. The van der Waals surface area contributed by atoms with E-state index in [9.17, 15) is 0 Å². The van der Waals surface area contributed by atoms with Crippen LogP contribution in [0.25, 0.3) is 10.9 Å². The summed E-state index contributed by atoms with van der Waals surface area (Å²) in [6.45, 7) is 5.13. The Morgan fingerprint density at radius 1 is 1.27 bits per heavy atom. The number of nitrogen functional groups attached to an aromatic ring is 1. The Kier molecular flexibility index (Phi) is 4.75. The van der Waals surface area contributed by atoms with Crippen LogP contribution in [0.4, 0.5) is 5.82 Å². The van der Waals surface area contributed by atoms with Crippen LogP contribution in [0.15, 0.2) is 42.6 Å². The normalized spacial score (nSPS) is 20.3. The molecule has 2 atom stereocenters. The fourth-order valence-electron chi connectivity index (χ4n) is 3.46. The average molecular weight is 352 g/mol. The van der Waals surface area contributed by atoms with Gasteiger partial charge in [0, 0.05) is 25.3 Å². The summed E-state index contributed by atoms with van der Waals surface area (Å²) in [5.74, 6) is 2.04. The number of nitrogens with two attached hydrogens (primary N) is 1. The fourth-order valence-corrected chi connectivity index (χ4v) is 3.46. The lowest BCUT2D eigenvalue weighted by molar-refractivity contribution is 0.0150. The number of hydrogen-bond donors (Lipinski definition) is 1. The molecule has 1 aromatic carbocycles. The van der Waals surface area contributed by atoms with Gasteiger partial charge in [-0.05, 0) is 24.0 Å². The average Bonchev–Trinajstić information content (AvgIpc) is 2.99. The maximum atomic E-state index is 6.20. The summed E-state index contributed by atoms with van der Waals surface area (Å²) in [7, 11) is 0. The van der Waals surface area contributed by atoms with Crippen molar-refractivity contribution >= 4 is 16.7 Å². The second kappa shape index (κ2) is 7.33. The van der Waals surface area contributed by atoms with E-state index < -0.39 is 0 Å². The number of rotatable bonds is 5. The summed E-state index contributed by atoms with van der Waals surface area (Å²) >= 11 is 0. The molecule has 26 heavy (non-hydrogen) atoms. The maximum absolute atomic E-state index is 6.20. The number of ether oxygens (including phenoxy) is 2. The van der Waals surface area contributed by atoms with E-state index in [1.165, 1.54) is 0 Å². The van der Waals surface area contributed by atoms with Gasteiger partial charge in [0.1, 0.15) is 12.0 Å². The number of nitrogens with zero attached hydrogens (tertiary/aromatic N) is 3. The van der Waals surface area contributed by atoms with Crippen LogP contribution >= 0.6 is 0 Å². The molecule has 3 aromatic rings.